The van der Waals surface area contributed by atoms with Gasteiger partial charge in [-0.1, -0.05) is 48.0 Å². The van der Waals surface area contributed by atoms with Crippen molar-refractivity contribution < 1.29 is 9.59 Å². The highest BCUT2D eigenvalue weighted by molar-refractivity contribution is 8.23. The molecule has 2 aromatic heterocycles. The van der Waals surface area contributed by atoms with Crippen LogP contribution in [0.25, 0.3) is 0 Å². The number of nitrogens with one attached hydrogen (secondary N) is 2. The molecule has 14 heteroatoms. The van der Waals surface area contributed by atoms with Gasteiger partial charge >= 0.3 is 0 Å². The van der Waals surface area contributed by atoms with Gasteiger partial charge < -0.3 is 9.80 Å². The molecule has 200 valence electrons. The lowest BCUT2D eigenvalue weighted by molar-refractivity contribution is 0.0551. The van der Waals surface area contributed by atoms with Gasteiger partial charge in [-0.3, -0.25) is 30.4 Å². The van der Waals surface area contributed by atoms with Crippen LogP contribution in [-0.4, -0.2) is 87.4 Å². The van der Waals surface area contributed by atoms with Gasteiger partial charge in [0.1, 0.15) is 8.64 Å². The molecule has 2 saturated heterocycles. The molecule has 4 heterocycles. The molecule has 0 radical (unpaired) electrons. The van der Waals surface area contributed by atoms with Gasteiger partial charge in [0, 0.05) is 48.0 Å². The summed E-state index contributed by atoms with van der Waals surface area (Å²) in [5.41, 5.74) is 7.14. The maximum atomic E-state index is 12.7. The van der Waals surface area contributed by atoms with Crippen molar-refractivity contribution in [1.29, 1.82) is 0 Å². The number of aromatic nitrogens is 2. The number of rotatable bonds is 6. The van der Waals surface area contributed by atoms with Crippen molar-refractivity contribution in [2.75, 3.05) is 25.1 Å². The van der Waals surface area contributed by atoms with Crippen LogP contribution in [0.1, 0.15) is 46.4 Å². The molecule has 0 spiro atoms. The molecular formula is C24H28N8O2S4. The standard InChI is InChI=1S/C24H28N8O2S4/c33-21(17-4-8-25-9-5-17)27-29-13-31(23(35)37-15-29)19-2-1-3-20(12-19)32-14-30(16-38-24(32)36)28-22(34)18-6-10-26-11-7-18/h4-11,19-20H,1-3,12-16H2,(H,27,33)(H,28,34). The van der Waals surface area contributed by atoms with Crippen LogP contribution in [-0.2, 0) is 0 Å². The number of thioether (sulfide) groups is 2. The maximum absolute atomic E-state index is 12.7. The van der Waals surface area contributed by atoms with E-state index in [2.05, 4.69) is 30.6 Å². The van der Waals surface area contributed by atoms with E-state index in [1.54, 1.807) is 72.6 Å². The maximum Gasteiger partial charge on any atom is 0.265 e. The number of hydrogen-bond donors (Lipinski definition) is 2. The lowest BCUT2D eigenvalue weighted by Crippen LogP contribution is -2.59. The monoisotopic (exact) mass is 588 g/mol. The zero-order valence-corrected chi connectivity index (χ0v) is 23.8. The summed E-state index contributed by atoms with van der Waals surface area (Å²) < 4.78 is 1.71. The molecule has 10 nitrogen and oxygen atoms in total. The molecule has 2 amide bonds. The van der Waals surface area contributed by atoms with Gasteiger partial charge in [0.15, 0.2) is 0 Å². The van der Waals surface area contributed by atoms with Crippen LogP contribution in [0, 0.1) is 0 Å². The Bertz CT molecular complexity index is 1090. The number of thiocarbonyl (C=S) groups is 2. The number of carbonyl (C=O) groups excluding carboxylic acids is 2. The number of amides is 2. The van der Waals surface area contributed by atoms with Gasteiger partial charge in [-0.2, -0.15) is 10.0 Å². The van der Waals surface area contributed by atoms with E-state index in [-0.39, 0.29) is 23.9 Å². The molecule has 0 aromatic carbocycles. The average Bonchev–Trinajstić information content (AvgIpc) is 2.96. The number of hydrogen-bond acceptors (Lipinski definition) is 10. The van der Waals surface area contributed by atoms with Crippen molar-refractivity contribution >= 4 is 68.4 Å². The van der Waals surface area contributed by atoms with Crippen LogP contribution in [0.15, 0.2) is 49.1 Å². The minimum atomic E-state index is -0.160. The number of hydrazine groups is 2. The van der Waals surface area contributed by atoms with E-state index in [0.717, 1.165) is 34.3 Å². The summed E-state index contributed by atoms with van der Waals surface area (Å²) in [5, 5.41) is 3.81. The molecule has 2 aromatic rings. The summed E-state index contributed by atoms with van der Waals surface area (Å²) in [5.74, 6) is 0.876. The molecular weight excluding hydrogens is 561 g/mol. The number of pyridine rings is 2. The average molecular weight is 589 g/mol. The molecule has 38 heavy (non-hydrogen) atoms. The van der Waals surface area contributed by atoms with Crippen LogP contribution in [0.4, 0.5) is 0 Å². The SMILES string of the molecule is O=C(NN1CSC(=S)N(C2CCCC(N3CN(NC(=O)c4ccncc4)CSC3=S)C2)C1)c1ccncc1. The van der Waals surface area contributed by atoms with Gasteiger partial charge in [0.25, 0.3) is 11.8 Å². The van der Waals surface area contributed by atoms with Crippen molar-refractivity contribution in [1.82, 2.24) is 40.6 Å². The predicted octanol–water partition coefficient (Wildman–Crippen LogP) is 2.88. The highest BCUT2D eigenvalue weighted by atomic mass is 32.2. The molecule has 2 atom stereocenters. The fourth-order valence-corrected chi connectivity index (χ4v) is 7.09. The third-order valence-electron chi connectivity index (χ3n) is 6.71. The minimum Gasteiger partial charge on any atom is -0.340 e. The first kappa shape index (κ1) is 27.2. The van der Waals surface area contributed by atoms with Gasteiger partial charge in [-0.05, 0) is 49.9 Å². The van der Waals surface area contributed by atoms with E-state index < -0.39 is 0 Å². The zero-order chi connectivity index (χ0) is 26.5. The smallest absolute Gasteiger partial charge is 0.265 e. The summed E-state index contributed by atoms with van der Waals surface area (Å²) >= 11 is 14.6. The van der Waals surface area contributed by atoms with Crippen LogP contribution < -0.4 is 10.9 Å². The Kier molecular flexibility index (Phi) is 9.07. The van der Waals surface area contributed by atoms with Crippen LogP contribution in [0.5, 0.6) is 0 Å². The Labute approximate surface area is 240 Å². The molecule has 2 unspecified atom stereocenters. The second-order valence-electron chi connectivity index (χ2n) is 9.21. The van der Waals surface area contributed by atoms with E-state index >= 15 is 0 Å². The largest absolute Gasteiger partial charge is 0.340 e. The lowest BCUT2D eigenvalue weighted by atomic mass is 9.89. The van der Waals surface area contributed by atoms with Crippen LogP contribution in [0.3, 0.4) is 0 Å². The summed E-state index contributed by atoms with van der Waals surface area (Å²) in [6.45, 7) is 1.07. The van der Waals surface area contributed by atoms with Crippen LogP contribution >= 0.6 is 48.0 Å². The quantitative estimate of drug-likeness (QED) is 0.486. The first-order chi connectivity index (χ1) is 18.5. The third kappa shape index (κ3) is 6.61. The van der Waals surface area contributed by atoms with Crippen molar-refractivity contribution in [2.24, 2.45) is 0 Å². The van der Waals surface area contributed by atoms with Crippen molar-refractivity contribution in [3.8, 4) is 0 Å². The first-order valence-electron chi connectivity index (χ1n) is 12.3. The number of carbonyl (C=O) groups is 2. The normalized spacial score (nSPS) is 23.3. The summed E-state index contributed by atoms with van der Waals surface area (Å²) in [7, 11) is 0. The molecule has 2 N–H and O–H groups in total. The second-order valence-corrected chi connectivity index (χ2v) is 12.4. The Morgan fingerprint density at radius 2 is 1.18 bits per heavy atom. The van der Waals surface area contributed by atoms with Gasteiger partial charge in [0.05, 0.1) is 25.1 Å². The fraction of sp³-hybridized carbons (Fsp3) is 0.417. The van der Waals surface area contributed by atoms with E-state index in [1.807, 2.05) is 10.0 Å². The molecule has 1 saturated carbocycles. The van der Waals surface area contributed by atoms with Crippen LogP contribution in [0.2, 0.25) is 0 Å². The molecule has 1 aliphatic carbocycles. The highest BCUT2D eigenvalue weighted by Crippen LogP contribution is 2.33. The van der Waals surface area contributed by atoms with E-state index in [0.29, 0.717) is 36.2 Å². The predicted molar refractivity (Wildman–Crippen MR) is 157 cm³/mol. The zero-order valence-electron chi connectivity index (χ0n) is 20.6. The van der Waals surface area contributed by atoms with E-state index in [9.17, 15) is 9.59 Å². The Balaban J connectivity index is 1.19. The fourth-order valence-electron chi connectivity index (χ4n) is 4.79. The Hall–Kier alpha value is -2.36. The number of nitrogens with zero attached hydrogens (tertiary/aromatic N) is 6. The summed E-state index contributed by atoms with van der Waals surface area (Å²) in [4.78, 5) is 37.7. The topological polar surface area (TPSA) is 96.9 Å². The van der Waals surface area contributed by atoms with Crippen molar-refractivity contribution in [3.63, 3.8) is 0 Å². The highest BCUT2D eigenvalue weighted by Gasteiger charge is 2.37. The van der Waals surface area contributed by atoms with E-state index in [4.69, 9.17) is 24.4 Å². The van der Waals surface area contributed by atoms with E-state index in [1.165, 1.54) is 0 Å². The van der Waals surface area contributed by atoms with Gasteiger partial charge in [-0.15, -0.1) is 0 Å². The summed E-state index contributed by atoms with van der Waals surface area (Å²) in [6.07, 6.45) is 10.4. The molecule has 0 bridgehead atoms. The van der Waals surface area contributed by atoms with Crippen molar-refractivity contribution in [2.45, 2.75) is 37.8 Å². The molecule has 3 fully saturated rings. The lowest BCUT2D eigenvalue weighted by Gasteiger charge is -2.47. The third-order valence-corrected chi connectivity index (χ3v) is 9.73. The van der Waals surface area contributed by atoms with Gasteiger partial charge in [0.2, 0.25) is 0 Å². The van der Waals surface area contributed by atoms with Gasteiger partial charge in [-0.25, -0.2) is 0 Å². The minimum absolute atomic E-state index is 0.160. The molecule has 2 aliphatic heterocycles. The molecule has 3 aliphatic rings. The second kappa shape index (κ2) is 12.7. The summed E-state index contributed by atoms with van der Waals surface area (Å²) in [6, 6.07) is 7.27. The van der Waals surface area contributed by atoms with Crippen molar-refractivity contribution in [3.05, 3.63) is 60.2 Å². The molecule has 5 rings (SSSR count). The Morgan fingerprint density at radius 1 is 0.763 bits per heavy atom. The first-order valence-corrected chi connectivity index (χ1v) is 15.1. The Morgan fingerprint density at radius 3 is 1.61 bits per heavy atom.